The quantitative estimate of drug-likeness (QED) is 0.865. The summed E-state index contributed by atoms with van der Waals surface area (Å²) in [7, 11) is 0. The fourth-order valence-corrected chi connectivity index (χ4v) is 2.65. The Balaban J connectivity index is 1.67. The van der Waals surface area contributed by atoms with Crippen LogP contribution >= 0.6 is 0 Å². The Bertz CT molecular complexity index is 453. The maximum Gasteiger partial charge on any atom is 0.220 e. The van der Waals surface area contributed by atoms with Crippen LogP contribution in [-0.4, -0.2) is 28.6 Å². The maximum atomic E-state index is 12.9. The lowest BCUT2D eigenvalue weighted by atomic mass is 9.87. The summed E-state index contributed by atoms with van der Waals surface area (Å²) < 4.78 is 12.9. The molecule has 0 aliphatic heterocycles. The smallest absolute Gasteiger partial charge is 0.220 e. The number of aromatic nitrogens is 1. The zero-order valence-corrected chi connectivity index (χ0v) is 11.5. The molecule has 0 aromatic carbocycles. The van der Waals surface area contributed by atoms with Gasteiger partial charge in [-0.2, -0.15) is 0 Å². The standard InChI is InChI=1S/C15H21FN2O2/c16-13-6-12(8-17-10-13)4-5-15(20)18-9-11-2-1-3-14(19)7-11/h6,8,10-11,14,19H,1-5,7,9H2,(H,18,20). The first-order valence-electron chi connectivity index (χ1n) is 7.17. The average Bonchev–Trinajstić information content (AvgIpc) is 2.43. The molecule has 1 saturated carbocycles. The van der Waals surface area contributed by atoms with Gasteiger partial charge < -0.3 is 10.4 Å². The fourth-order valence-electron chi connectivity index (χ4n) is 2.65. The monoisotopic (exact) mass is 280 g/mol. The second kappa shape index (κ2) is 7.33. The third-order valence-corrected chi connectivity index (χ3v) is 3.75. The molecule has 4 nitrogen and oxygen atoms in total. The topological polar surface area (TPSA) is 62.2 Å². The average molecular weight is 280 g/mol. The molecule has 1 heterocycles. The summed E-state index contributed by atoms with van der Waals surface area (Å²) in [5, 5.41) is 12.5. The highest BCUT2D eigenvalue weighted by molar-refractivity contribution is 5.76. The van der Waals surface area contributed by atoms with E-state index in [1.807, 2.05) is 0 Å². The van der Waals surface area contributed by atoms with Crippen LogP contribution in [0.2, 0.25) is 0 Å². The van der Waals surface area contributed by atoms with Crippen molar-refractivity contribution in [1.29, 1.82) is 0 Å². The number of aliphatic hydroxyl groups is 1. The van der Waals surface area contributed by atoms with Crippen LogP contribution in [0.3, 0.4) is 0 Å². The minimum atomic E-state index is -0.376. The molecule has 2 unspecified atom stereocenters. The second-order valence-electron chi connectivity index (χ2n) is 5.50. The predicted molar refractivity (Wildman–Crippen MR) is 73.5 cm³/mol. The van der Waals surface area contributed by atoms with E-state index in [0.29, 0.717) is 25.3 Å². The molecule has 5 heteroatoms. The lowest BCUT2D eigenvalue weighted by Crippen LogP contribution is -2.33. The Labute approximate surface area is 118 Å². The first-order chi connectivity index (χ1) is 9.63. The van der Waals surface area contributed by atoms with Gasteiger partial charge in [0, 0.05) is 19.2 Å². The number of hydrogen-bond acceptors (Lipinski definition) is 3. The Kier molecular flexibility index (Phi) is 5.47. The number of carbonyl (C=O) groups excluding carboxylic acids is 1. The highest BCUT2D eigenvalue weighted by atomic mass is 19.1. The zero-order chi connectivity index (χ0) is 14.4. The summed E-state index contributed by atoms with van der Waals surface area (Å²) in [6, 6.07) is 1.40. The van der Waals surface area contributed by atoms with Gasteiger partial charge in [-0.25, -0.2) is 4.39 Å². The first-order valence-corrected chi connectivity index (χ1v) is 7.17. The van der Waals surface area contributed by atoms with Crippen LogP contribution in [0.15, 0.2) is 18.5 Å². The molecule has 2 atom stereocenters. The van der Waals surface area contributed by atoms with Gasteiger partial charge in [0.2, 0.25) is 5.91 Å². The van der Waals surface area contributed by atoms with Crippen molar-refractivity contribution in [3.63, 3.8) is 0 Å². The van der Waals surface area contributed by atoms with Gasteiger partial charge in [0.15, 0.2) is 0 Å². The third-order valence-electron chi connectivity index (χ3n) is 3.75. The number of aliphatic hydroxyl groups excluding tert-OH is 1. The molecule has 1 fully saturated rings. The van der Waals surface area contributed by atoms with E-state index in [1.54, 1.807) is 6.20 Å². The van der Waals surface area contributed by atoms with E-state index in [4.69, 9.17) is 0 Å². The molecule has 110 valence electrons. The van der Waals surface area contributed by atoms with Crippen molar-refractivity contribution in [3.8, 4) is 0 Å². The SMILES string of the molecule is O=C(CCc1cncc(F)c1)NCC1CCCC(O)C1. The first kappa shape index (κ1) is 14.9. The van der Waals surface area contributed by atoms with Crippen molar-refractivity contribution in [1.82, 2.24) is 10.3 Å². The highest BCUT2D eigenvalue weighted by Gasteiger charge is 2.20. The number of aryl methyl sites for hydroxylation is 1. The summed E-state index contributed by atoms with van der Waals surface area (Å²) in [6.07, 6.45) is 7.06. The number of pyridine rings is 1. The Hall–Kier alpha value is -1.49. The Morgan fingerprint density at radius 1 is 1.45 bits per heavy atom. The summed E-state index contributed by atoms with van der Waals surface area (Å²) in [4.78, 5) is 15.5. The summed E-state index contributed by atoms with van der Waals surface area (Å²) in [6.45, 7) is 0.622. The lowest BCUT2D eigenvalue weighted by Gasteiger charge is -2.25. The van der Waals surface area contributed by atoms with Gasteiger partial charge in [0.05, 0.1) is 12.3 Å². The molecule has 0 saturated heterocycles. The molecular weight excluding hydrogens is 259 g/mol. The molecule has 1 aromatic heterocycles. The van der Waals surface area contributed by atoms with Crippen LogP contribution in [0.5, 0.6) is 0 Å². The van der Waals surface area contributed by atoms with Gasteiger partial charge in [-0.05, 0) is 43.2 Å². The third kappa shape index (κ3) is 4.89. The number of halogens is 1. The van der Waals surface area contributed by atoms with Crippen molar-refractivity contribution >= 4 is 5.91 Å². The Morgan fingerprint density at radius 2 is 2.30 bits per heavy atom. The minimum absolute atomic E-state index is 0.0330. The molecular formula is C15H21FN2O2. The summed E-state index contributed by atoms with van der Waals surface area (Å²) >= 11 is 0. The van der Waals surface area contributed by atoms with E-state index in [1.165, 1.54) is 6.07 Å². The molecule has 20 heavy (non-hydrogen) atoms. The number of amides is 1. The van der Waals surface area contributed by atoms with Crippen molar-refractivity contribution in [2.45, 2.75) is 44.6 Å². The molecule has 1 amide bonds. The van der Waals surface area contributed by atoms with E-state index in [0.717, 1.165) is 37.4 Å². The largest absolute Gasteiger partial charge is 0.393 e. The maximum absolute atomic E-state index is 12.9. The van der Waals surface area contributed by atoms with Gasteiger partial charge in [0.25, 0.3) is 0 Å². The van der Waals surface area contributed by atoms with Gasteiger partial charge in [-0.1, -0.05) is 6.42 Å². The number of nitrogens with zero attached hydrogens (tertiary/aromatic N) is 1. The summed E-state index contributed by atoms with van der Waals surface area (Å²) in [5.74, 6) is -0.0352. The van der Waals surface area contributed by atoms with E-state index < -0.39 is 0 Å². The molecule has 1 aliphatic rings. The molecule has 0 bridgehead atoms. The lowest BCUT2D eigenvalue weighted by molar-refractivity contribution is -0.121. The number of rotatable bonds is 5. The predicted octanol–water partition coefficient (Wildman–Crippen LogP) is 1.82. The van der Waals surface area contributed by atoms with Crippen molar-refractivity contribution in [2.24, 2.45) is 5.92 Å². The zero-order valence-electron chi connectivity index (χ0n) is 11.5. The molecule has 0 spiro atoms. The van der Waals surface area contributed by atoms with Crippen LogP contribution in [-0.2, 0) is 11.2 Å². The van der Waals surface area contributed by atoms with Gasteiger partial charge in [0.1, 0.15) is 5.82 Å². The number of carbonyl (C=O) groups is 1. The molecule has 1 aliphatic carbocycles. The molecule has 0 radical (unpaired) electrons. The highest BCUT2D eigenvalue weighted by Crippen LogP contribution is 2.23. The summed E-state index contributed by atoms with van der Waals surface area (Å²) in [5.41, 5.74) is 0.730. The van der Waals surface area contributed by atoms with Crippen LogP contribution in [0.4, 0.5) is 4.39 Å². The number of nitrogens with one attached hydrogen (secondary N) is 1. The van der Waals surface area contributed by atoms with Gasteiger partial charge in [-0.3, -0.25) is 9.78 Å². The van der Waals surface area contributed by atoms with Gasteiger partial charge in [-0.15, -0.1) is 0 Å². The van der Waals surface area contributed by atoms with Crippen LogP contribution in [0, 0.1) is 11.7 Å². The van der Waals surface area contributed by atoms with E-state index >= 15 is 0 Å². The minimum Gasteiger partial charge on any atom is -0.393 e. The van der Waals surface area contributed by atoms with Crippen molar-refractivity contribution in [2.75, 3.05) is 6.54 Å². The molecule has 2 rings (SSSR count). The molecule has 1 aromatic rings. The molecule has 2 N–H and O–H groups in total. The van der Waals surface area contributed by atoms with E-state index in [2.05, 4.69) is 10.3 Å². The second-order valence-corrected chi connectivity index (χ2v) is 5.50. The number of hydrogen-bond donors (Lipinski definition) is 2. The van der Waals surface area contributed by atoms with E-state index in [-0.39, 0.29) is 17.8 Å². The Morgan fingerprint density at radius 3 is 3.05 bits per heavy atom. The fraction of sp³-hybridized carbons (Fsp3) is 0.600. The normalized spacial score (nSPS) is 22.5. The van der Waals surface area contributed by atoms with Crippen LogP contribution in [0.1, 0.15) is 37.7 Å². The van der Waals surface area contributed by atoms with Crippen molar-refractivity contribution in [3.05, 3.63) is 29.8 Å². The van der Waals surface area contributed by atoms with Crippen LogP contribution < -0.4 is 5.32 Å². The van der Waals surface area contributed by atoms with Crippen molar-refractivity contribution < 1.29 is 14.3 Å². The van der Waals surface area contributed by atoms with E-state index in [9.17, 15) is 14.3 Å². The van der Waals surface area contributed by atoms with Gasteiger partial charge >= 0.3 is 0 Å². The van der Waals surface area contributed by atoms with Crippen LogP contribution in [0.25, 0.3) is 0 Å².